The maximum Gasteiger partial charge on any atom is 0.140 e. The first-order valence-electron chi connectivity index (χ1n) is 7.02. The van der Waals surface area contributed by atoms with E-state index < -0.39 is 0 Å². The first-order chi connectivity index (χ1) is 9.29. The number of nitrogen functional groups attached to an aromatic ring is 1. The van der Waals surface area contributed by atoms with Crippen LogP contribution in [-0.2, 0) is 6.54 Å². The van der Waals surface area contributed by atoms with Gasteiger partial charge in [-0.2, -0.15) is 0 Å². The van der Waals surface area contributed by atoms with Gasteiger partial charge >= 0.3 is 0 Å². The van der Waals surface area contributed by atoms with Gasteiger partial charge in [0, 0.05) is 18.2 Å². The number of aromatic nitrogens is 3. The maximum absolute atomic E-state index is 5.94. The molecule has 4 nitrogen and oxygen atoms in total. The van der Waals surface area contributed by atoms with Crippen LogP contribution in [0.1, 0.15) is 43.5 Å². The highest BCUT2D eigenvalue weighted by Gasteiger charge is 2.32. The minimum absolute atomic E-state index is 0.333. The Kier molecular flexibility index (Phi) is 3.23. The van der Waals surface area contributed by atoms with Gasteiger partial charge in [0.15, 0.2) is 0 Å². The van der Waals surface area contributed by atoms with E-state index in [0.29, 0.717) is 11.8 Å². The molecule has 19 heavy (non-hydrogen) atoms. The van der Waals surface area contributed by atoms with Crippen LogP contribution in [-0.4, -0.2) is 14.8 Å². The van der Waals surface area contributed by atoms with Gasteiger partial charge in [-0.15, -0.1) is 10.2 Å². The molecule has 1 fully saturated rings. The highest BCUT2D eigenvalue weighted by atomic mass is 15.3. The molecular formula is C15H20N4. The summed E-state index contributed by atoms with van der Waals surface area (Å²) in [6.07, 6.45) is 5.70. The Morgan fingerprint density at radius 1 is 1.42 bits per heavy atom. The Morgan fingerprint density at radius 2 is 2.26 bits per heavy atom. The molecule has 1 heterocycles. The van der Waals surface area contributed by atoms with Crippen molar-refractivity contribution in [2.45, 2.75) is 38.6 Å². The Labute approximate surface area is 113 Å². The van der Waals surface area contributed by atoms with E-state index in [1.165, 1.54) is 24.8 Å². The van der Waals surface area contributed by atoms with Crippen molar-refractivity contribution >= 4 is 5.69 Å². The smallest absolute Gasteiger partial charge is 0.140 e. The third-order valence-electron chi connectivity index (χ3n) is 4.16. The number of benzene rings is 1. The van der Waals surface area contributed by atoms with E-state index in [1.807, 2.05) is 18.5 Å². The van der Waals surface area contributed by atoms with E-state index in [2.05, 4.69) is 33.8 Å². The van der Waals surface area contributed by atoms with Crippen LogP contribution >= 0.6 is 0 Å². The quantitative estimate of drug-likeness (QED) is 0.856. The number of aryl methyl sites for hydroxylation is 1. The Balaban J connectivity index is 2.02. The average molecular weight is 256 g/mol. The standard InChI is InChI=1S/C15H20N4/c1-2-19-10-17-18-15(19)14(11-5-3-6-11)12-7-4-8-13(16)9-12/h4,7-11,14H,2-3,5-6,16H2,1H3. The molecule has 1 aromatic heterocycles. The van der Waals surface area contributed by atoms with Crippen LogP contribution in [0.4, 0.5) is 5.69 Å². The number of hydrogen-bond donors (Lipinski definition) is 1. The minimum Gasteiger partial charge on any atom is -0.399 e. The lowest BCUT2D eigenvalue weighted by Crippen LogP contribution is -2.24. The molecule has 0 spiro atoms. The van der Waals surface area contributed by atoms with Gasteiger partial charge in [0.25, 0.3) is 0 Å². The van der Waals surface area contributed by atoms with Crippen molar-refractivity contribution in [3.8, 4) is 0 Å². The normalized spacial score (nSPS) is 17.1. The van der Waals surface area contributed by atoms with Crippen LogP contribution in [0.15, 0.2) is 30.6 Å². The molecule has 0 radical (unpaired) electrons. The lowest BCUT2D eigenvalue weighted by atomic mass is 9.72. The van der Waals surface area contributed by atoms with Crippen LogP contribution in [0.5, 0.6) is 0 Å². The van der Waals surface area contributed by atoms with Gasteiger partial charge in [0.05, 0.1) is 0 Å². The second-order valence-electron chi connectivity index (χ2n) is 5.31. The first-order valence-corrected chi connectivity index (χ1v) is 7.02. The SMILES string of the molecule is CCn1cnnc1C(c1cccc(N)c1)C1CCC1. The zero-order chi connectivity index (χ0) is 13.2. The van der Waals surface area contributed by atoms with Crippen LogP contribution < -0.4 is 5.73 Å². The summed E-state index contributed by atoms with van der Waals surface area (Å²) in [6.45, 7) is 3.04. The van der Waals surface area contributed by atoms with E-state index in [9.17, 15) is 0 Å². The summed E-state index contributed by atoms with van der Waals surface area (Å²) in [4.78, 5) is 0. The van der Waals surface area contributed by atoms with Gasteiger partial charge in [0.1, 0.15) is 12.2 Å². The monoisotopic (exact) mass is 256 g/mol. The number of rotatable bonds is 4. The highest BCUT2D eigenvalue weighted by molar-refractivity contribution is 5.43. The maximum atomic E-state index is 5.94. The summed E-state index contributed by atoms with van der Waals surface area (Å²) in [5.41, 5.74) is 8.03. The summed E-state index contributed by atoms with van der Waals surface area (Å²) >= 11 is 0. The molecular weight excluding hydrogens is 236 g/mol. The molecule has 0 aliphatic heterocycles. The molecule has 4 heteroatoms. The predicted molar refractivity (Wildman–Crippen MR) is 75.7 cm³/mol. The van der Waals surface area contributed by atoms with Crippen molar-refractivity contribution in [1.29, 1.82) is 0 Å². The van der Waals surface area contributed by atoms with Gasteiger partial charge in [0.2, 0.25) is 0 Å². The Bertz CT molecular complexity index is 557. The molecule has 2 aromatic rings. The van der Waals surface area contributed by atoms with Crippen molar-refractivity contribution in [2.24, 2.45) is 5.92 Å². The van der Waals surface area contributed by atoms with Gasteiger partial charge in [-0.05, 0) is 43.4 Å². The summed E-state index contributed by atoms with van der Waals surface area (Å²) in [6, 6.07) is 8.21. The number of hydrogen-bond acceptors (Lipinski definition) is 3. The predicted octanol–water partition coefficient (Wildman–Crippen LogP) is 2.81. The summed E-state index contributed by atoms with van der Waals surface area (Å²) in [5, 5.41) is 8.45. The fourth-order valence-electron chi connectivity index (χ4n) is 2.91. The number of anilines is 1. The molecule has 2 N–H and O–H groups in total. The summed E-state index contributed by atoms with van der Waals surface area (Å²) in [7, 11) is 0. The minimum atomic E-state index is 0.333. The molecule has 1 aliphatic rings. The molecule has 3 rings (SSSR count). The molecule has 1 aliphatic carbocycles. The Morgan fingerprint density at radius 3 is 2.89 bits per heavy atom. The molecule has 0 amide bonds. The first kappa shape index (κ1) is 12.2. The second kappa shape index (κ2) is 5.03. The number of nitrogens with two attached hydrogens (primary N) is 1. The third-order valence-corrected chi connectivity index (χ3v) is 4.16. The zero-order valence-corrected chi connectivity index (χ0v) is 11.3. The van der Waals surface area contributed by atoms with Crippen molar-refractivity contribution in [3.63, 3.8) is 0 Å². The van der Waals surface area contributed by atoms with Gasteiger partial charge in [-0.25, -0.2) is 0 Å². The van der Waals surface area contributed by atoms with Gasteiger partial charge in [-0.3, -0.25) is 0 Å². The summed E-state index contributed by atoms with van der Waals surface area (Å²) in [5.74, 6) is 2.09. The van der Waals surface area contributed by atoms with E-state index >= 15 is 0 Å². The fraction of sp³-hybridized carbons (Fsp3) is 0.467. The zero-order valence-electron chi connectivity index (χ0n) is 11.3. The molecule has 0 bridgehead atoms. The average Bonchev–Trinajstić information content (AvgIpc) is 2.81. The van der Waals surface area contributed by atoms with Crippen molar-refractivity contribution in [3.05, 3.63) is 42.0 Å². The third kappa shape index (κ3) is 2.23. The molecule has 1 saturated carbocycles. The Hall–Kier alpha value is -1.84. The molecule has 1 unspecified atom stereocenters. The molecule has 1 atom stereocenters. The lowest BCUT2D eigenvalue weighted by molar-refractivity contribution is 0.273. The van der Waals surface area contributed by atoms with E-state index in [0.717, 1.165) is 18.1 Å². The second-order valence-corrected chi connectivity index (χ2v) is 5.31. The van der Waals surface area contributed by atoms with E-state index in [4.69, 9.17) is 5.73 Å². The van der Waals surface area contributed by atoms with Crippen LogP contribution in [0.25, 0.3) is 0 Å². The lowest BCUT2D eigenvalue weighted by Gasteiger charge is -2.33. The molecule has 100 valence electrons. The topological polar surface area (TPSA) is 56.7 Å². The van der Waals surface area contributed by atoms with Crippen LogP contribution in [0.2, 0.25) is 0 Å². The summed E-state index contributed by atoms with van der Waals surface area (Å²) < 4.78 is 2.15. The van der Waals surface area contributed by atoms with Gasteiger partial charge < -0.3 is 10.3 Å². The largest absolute Gasteiger partial charge is 0.399 e. The van der Waals surface area contributed by atoms with Gasteiger partial charge in [-0.1, -0.05) is 18.6 Å². The number of nitrogens with zero attached hydrogens (tertiary/aromatic N) is 3. The fourth-order valence-corrected chi connectivity index (χ4v) is 2.91. The highest BCUT2D eigenvalue weighted by Crippen LogP contribution is 2.42. The van der Waals surface area contributed by atoms with Crippen molar-refractivity contribution in [2.75, 3.05) is 5.73 Å². The molecule has 0 saturated heterocycles. The van der Waals surface area contributed by atoms with E-state index in [-0.39, 0.29) is 0 Å². The van der Waals surface area contributed by atoms with E-state index in [1.54, 1.807) is 0 Å². The van der Waals surface area contributed by atoms with Crippen molar-refractivity contribution in [1.82, 2.24) is 14.8 Å². The van der Waals surface area contributed by atoms with Crippen LogP contribution in [0, 0.1) is 5.92 Å². The van der Waals surface area contributed by atoms with Crippen LogP contribution in [0.3, 0.4) is 0 Å². The molecule has 1 aromatic carbocycles. The van der Waals surface area contributed by atoms with Crippen molar-refractivity contribution < 1.29 is 0 Å².